The molecule has 2 rings (SSSR count). The Morgan fingerprint density at radius 2 is 2.38 bits per heavy atom. The number of nitrogens with zero attached hydrogens (tertiary/aromatic N) is 3. The second kappa shape index (κ2) is 4.85. The second-order valence-electron chi connectivity index (χ2n) is 3.56. The van der Waals surface area contributed by atoms with Gasteiger partial charge in [-0.2, -0.15) is 4.98 Å². The van der Waals surface area contributed by atoms with Crippen LogP contribution in [0, 0.1) is 0 Å². The van der Waals surface area contributed by atoms with E-state index in [0.717, 1.165) is 18.4 Å². The van der Waals surface area contributed by atoms with Crippen LogP contribution in [0.2, 0.25) is 0 Å². The number of nitrogens with two attached hydrogens (primary N) is 1. The molecule has 0 fully saturated rings. The summed E-state index contributed by atoms with van der Waals surface area (Å²) >= 11 is 0. The van der Waals surface area contributed by atoms with E-state index in [2.05, 4.69) is 22.0 Å². The van der Waals surface area contributed by atoms with Crippen molar-refractivity contribution in [3.63, 3.8) is 0 Å². The molecule has 0 saturated carbocycles. The average molecular weight is 218 g/mol. The number of aryl methyl sites for hydroxylation is 1. The molecular weight excluding hydrogens is 204 g/mol. The Morgan fingerprint density at radius 3 is 3.06 bits per heavy atom. The van der Waals surface area contributed by atoms with Crippen molar-refractivity contribution in [3.05, 3.63) is 41.8 Å². The van der Waals surface area contributed by atoms with Crippen molar-refractivity contribution in [3.8, 4) is 0 Å². The van der Waals surface area contributed by atoms with E-state index in [1.807, 2.05) is 12.1 Å². The first-order valence-corrected chi connectivity index (χ1v) is 5.29. The standard InChI is InChI=1S/C11H14N4O/c1-2-4-9-14-11(15-16-9)10(12)8-5-3-6-13-7-8/h3,5-7,10H,2,4,12H2,1H3. The molecule has 2 heterocycles. The zero-order chi connectivity index (χ0) is 11.4. The third kappa shape index (κ3) is 2.25. The van der Waals surface area contributed by atoms with E-state index in [1.54, 1.807) is 12.4 Å². The smallest absolute Gasteiger partial charge is 0.226 e. The van der Waals surface area contributed by atoms with Crippen LogP contribution >= 0.6 is 0 Å². The molecule has 0 aliphatic carbocycles. The first-order valence-electron chi connectivity index (χ1n) is 5.29. The van der Waals surface area contributed by atoms with Crippen LogP contribution in [0.3, 0.4) is 0 Å². The molecule has 2 aromatic rings. The van der Waals surface area contributed by atoms with E-state index < -0.39 is 0 Å². The van der Waals surface area contributed by atoms with Crippen LogP contribution in [0.5, 0.6) is 0 Å². The Bertz CT molecular complexity index is 440. The predicted molar refractivity (Wildman–Crippen MR) is 58.6 cm³/mol. The molecule has 16 heavy (non-hydrogen) atoms. The van der Waals surface area contributed by atoms with Crippen LogP contribution in [-0.4, -0.2) is 15.1 Å². The zero-order valence-corrected chi connectivity index (χ0v) is 9.13. The third-order valence-corrected chi connectivity index (χ3v) is 2.27. The van der Waals surface area contributed by atoms with Crippen LogP contribution in [0.4, 0.5) is 0 Å². The molecular formula is C11H14N4O. The minimum absolute atomic E-state index is 0.372. The van der Waals surface area contributed by atoms with E-state index in [1.165, 1.54) is 0 Å². The molecule has 0 aromatic carbocycles. The second-order valence-corrected chi connectivity index (χ2v) is 3.56. The van der Waals surface area contributed by atoms with E-state index in [4.69, 9.17) is 10.3 Å². The van der Waals surface area contributed by atoms with Crippen molar-refractivity contribution in [2.24, 2.45) is 5.73 Å². The van der Waals surface area contributed by atoms with Gasteiger partial charge in [-0.05, 0) is 18.1 Å². The minimum Gasteiger partial charge on any atom is -0.339 e. The number of aromatic nitrogens is 3. The van der Waals surface area contributed by atoms with Gasteiger partial charge in [-0.25, -0.2) is 0 Å². The van der Waals surface area contributed by atoms with E-state index in [0.29, 0.717) is 11.7 Å². The fourth-order valence-corrected chi connectivity index (χ4v) is 1.42. The van der Waals surface area contributed by atoms with Crippen molar-refractivity contribution in [2.75, 3.05) is 0 Å². The predicted octanol–water partition coefficient (Wildman–Crippen LogP) is 1.47. The van der Waals surface area contributed by atoms with Gasteiger partial charge in [-0.3, -0.25) is 4.98 Å². The monoisotopic (exact) mass is 218 g/mol. The van der Waals surface area contributed by atoms with Gasteiger partial charge in [0.25, 0.3) is 0 Å². The quantitative estimate of drug-likeness (QED) is 0.840. The Balaban J connectivity index is 2.17. The minimum atomic E-state index is -0.372. The summed E-state index contributed by atoms with van der Waals surface area (Å²) in [5, 5.41) is 3.87. The Hall–Kier alpha value is -1.75. The highest BCUT2D eigenvalue weighted by Gasteiger charge is 2.15. The molecule has 0 bridgehead atoms. The number of hydrogen-bond acceptors (Lipinski definition) is 5. The lowest BCUT2D eigenvalue weighted by Gasteiger charge is -2.05. The maximum absolute atomic E-state index is 6.00. The van der Waals surface area contributed by atoms with Gasteiger partial charge in [-0.1, -0.05) is 18.1 Å². The number of rotatable bonds is 4. The Kier molecular flexibility index (Phi) is 3.26. The molecule has 1 unspecified atom stereocenters. The lowest BCUT2D eigenvalue weighted by Crippen LogP contribution is -2.13. The highest BCUT2D eigenvalue weighted by atomic mass is 16.5. The topological polar surface area (TPSA) is 77.8 Å². The summed E-state index contributed by atoms with van der Waals surface area (Å²) < 4.78 is 5.09. The van der Waals surface area contributed by atoms with Crippen LogP contribution < -0.4 is 5.73 Å². The number of pyridine rings is 1. The van der Waals surface area contributed by atoms with Gasteiger partial charge in [0.2, 0.25) is 5.89 Å². The Labute approximate surface area is 93.7 Å². The van der Waals surface area contributed by atoms with Gasteiger partial charge in [0.1, 0.15) is 0 Å². The maximum atomic E-state index is 6.00. The lowest BCUT2D eigenvalue weighted by atomic mass is 10.1. The van der Waals surface area contributed by atoms with Gasteiger partial charge in [-0.15, -0.1) is 0 Å². The third-order valence-electron chi connectivity index (χ3n) is 2.27. The summed E-state index contributed by atoms with van der Waals surface area (Å²) in [5.41, 5.74) is 6.88. The van der Waals surface area contributed by atoms with Gasteiger partial charge in [0.05, 0.1) is 6.04 Å². The highest BCUT2D eigenvalue weighted by molar-refractivity contribution is 5.19. The maximum Gasteiger partial charge on any atom is 0.226 e. The summed E-state index contributed by atoms with van der Waals surface area (Å²) in [4.78, 5) is 8.25. The molecule has 5 nitrogen and oxygen atoms in total. The molecule has 1 atom stereocenters. The average Bonchev–Trinajstić information content (AvgIpc) is 2.78. The van der Waals surface area contributed by atoms with E-state index in [-0.39, 0.29) is 6.04 Å². The van der Waals surface area contributed by atoms with Crippen LogP contribution in [0.15, 0.2) is 29.0 Å². The fraction of sp³-hybridized carbons (Fsp3) is 0.364. The molecule has 0 saturated heterocycles. The van der Waals surface area contributed by atoms with Crippen molar-refractivity contribution in [2.45, 2.75) is 25.8 Å². The molecule has 84 valence electrons. The van der Waals surface area contributed by atoms with E-state index in [9.17, 15) is 0 Å². The number of hydrogen-bond donors (Lipinski definition) is 1. The van der Waals surface area contributed by atoms with Gasteiger partial charge in [0.15, 0.2) is 5.82 Å². The summed E-state index contributed by atoms with van der Waals surface area (Å²) in [6, 6.07) is 3.36. The summed E-state index contributed by atoms with van der Waals surface area (Å²) in [6.45, 7) is 2.06. The zero-order valence-electron chi connectivity index (χ0n) is 9.13. The molecule has 0 aliphatic rings. The first-order chi connectivity index (χ1) is 7.81. The first kappa shape index (κ1) is 10.8. The van der Waals surface area contributed by atoms with Crippen LogP contribution in [-0.2, 0) is 6.42 Å². The Morgan fingerprint density at radius 1 is 1.50 bits per heavy atom. The molecule has 0 radical (unpaired) electrons. The lowest BCUT2D eigenvalue weighted by molar-refractivity contribution is 0.370. The fourth-order valence-electron chi connectivity index (χ4n) is 1.42. The summed E-state index contributed by atoms with van der Waals surface area (Å²) in [5.74, 6) is 1.15. The van der Waals surface area contributed by atoms with Gasteiger partial charge < -0.3 is 10.3 Å². The van der Waals surface area contributed by atoms with Crippen molar-refractivity contribution in [1.82, 2.24) is 15.1 Å². The SMILES string of the molecule is CCCc1nc(C(N)c2cccnc2)no1. The molecule has 0 amide bonds. The van der Waals surface area contributed by atoms with Crippen molar-refractivity contribution >= 4 is 0 Å². The van der Waals surface area contributed by atoms with Crippen LogP contribution in [0.25, 0.3) is 0 Å². The normalized spacial score (nSPS) is 12.6. The van der Waals surface area contributed by atoms with Crippen molar-refractivity contribution < 1.29 is 4.52 Å². The molecule has 2 N–H and O–H groups in total. The highest BCUT2D eigenvalue weighted by Crippen LogP contribution is 2.15. The molecule has 5 heteroatoms. The van der Waals surface area contributed by atoms with Crippen molar-refractivity contribution in [1.29, 1.82) is 0 Å². The van der Waals surface area contributed by atoms with Gasteiger partial charge in [0, 0.05) is 18.8 Å². The molecule has 2 aromatic heterocycles. The van der Waals surface area contributed by atoms with E-state index >= 15 is 0 Å². The summed E-state index contributed by atoms with van der Waals surface area (Å²) in [6.07, 6.45) is 5.17. The molecule has 0 spiro atoms. The summed E-state index contributed by atoms with van der Waals surface area (Å²) in [7, 11) is 0. The molecule has 0 aliphatic heterocycles. The van der Waals surface area contributed by atoms with Gasteiger partial charge >= 0.3 is 0 Å². The van der Waals surface area contributed by atoms with Crippen LogP contribution in [0.1, 0.15) is 36.7 Å². The largest absolute Gasteiger partial charge is 0.339 e.